The molecule has 1 saturated heterocycles. The van der Waals surface area contributed by atoms with Crippen LogP contribution in [0.4, 0.5) is 0 Å². The summed E-state index contributed by atoms with van der Waals surface area (Å²) < 4.78 is 31.8. The van der Waals surface area contributed by atoms with Crippen molar-refractivity contribution in [2.75, 3.05) is 33.9 Å². The second-order valence-electron chi connectivity index (χ2n) is 7.96. The lowest BCUT2D eigenvalue weighted by atomic mass is 9.65. The van der Waals surface area contributed by atoms with E-state index in [1.165, 1.54) is 7.11 Å². The lowest BCUT2D eigenvalue weighted by Crippen LogP contribution is -2.72. The van der Waals surface area contributed by atoms with Crippen molar-refractivity contribution in [3.8, 4) is 0 Å². The van der Waals surface area contributed by atoms with Crippen LogP contribution >= 0.6 is 24.0 Å². The molecule has 0 amide bonds. The van der Waals surface area contributed by atoms with Gasteiger partial charge in [-0.05, 0) is 31.5 Å². The number of sulfonamides is 1. The highest BCUT2D eigenvalue weighted by Gasteiger charge is 2.53. The van der Waals surface area contributed by atoms with Gasteiger partial charge < -0.3 is 15.0 Å². The molecule has 0 atom stereocenters. The fourth-order valence-corrected chi connectivity index (χ4v) is 4.04. The molecule has 0 aliphatic carbocycles. The molecule has 0 unspecified atom stereocenters. The van der Waals surface area contributed by atoms with Gasteiger partial charge in [-0.15, -0.1) is 24.0 Å². The van der Waals surface area contributed by atoms with Crippen LogP contribution in [0.25, 0.3) is 0 Å². The minimum Gasteiger partial charge on any atom is -0.383 e. The Hall–Kier alpha value is -0.910. The predicted octanol–water partition coefficient (Wildman–Crippen LogP) is 2.43. The Kier molecular flexibility index (Phi) is 8.73. The van der Waals surface area contributed by atoms with E-state index in [2.05, 4.69) is 47.6 Å². The van der Waals surface area contributed by atoms with E-state index < -0.39 is 10.0 Å². The summed E-state index contributed by atoms with van der Waals surface area (Å²) in [6.45, 7) is 11.1. The third-order valence-corrected chi connectivity index (χ3v) is 7.11. The molecule has 1 heterocycles. The minimum atomic E-state index is -3.50. The van der Waals surface area contributed by atoms with Gasteiger partial charge in [0.15, 0.2) is 5.96 Å². The molecule has 1 fully saturated rings. The summed E-state index contributed by atoms with van der Waals surface area (Å²) in [4.78, 5) is 6.92. The number of ether oxygens (including phenoxy) is 1. The molecular formula is C19H33IN4O3S. The standard InChI is InChI=1S/C19H32N4O3S.HI/c1-18(2)14-23(19(18,3)4)17(20-5)21-13-15-7-9-16(10-8-15)27(24,25)22-11-12-26-6;/h7-10,22H,11-14H2,1-6H3,(H,20,21);1H. The number of guanidine groups is 1. The predicted molar refractivity (Wildman–Crippen MR) is 124 cm³/mol. The summed E-state index contributed by atoms with van der Waals surface area (Å²) in [5.41, 5.74) is 1.25. The first-order chi connectivity index (χ1) is 12.5. The van der Waals surface area contributed by atoms with Gasteiger partial charge in [0, 0.05) is 44.7 Å². The van der Waals surface area contributed by atoms with Gasteiger partial charge in [0.1, 0.15) is 0 Å². The van der Waals surface area contributed by atoms with Crippen LogP contribution in [0.3, 0.4) is 0 Å². The fraction of sp³-hybridized carbons (Fsp3) is 0.632. The Morgan fingerprint density at radius 1 is 1.21 bits per heavy atom. The molecule has 2 N–H and O–H groups in total. The summed E-state index contributed by atoms with van der Waals surface area (Å²) in [5.74, 6) is 0.859. The van der Waals surface area contributed by atoms with Crippen molar-refractivity contribution in [2.45, 2.75) is 44.7 Å². The molecule has 0 radical (unpaired) electrons. The van der Waals surface area contributed by atoms with E-state index in [0.717, 1.165) is 18.1 Å². The second-order valence-corrected chi connectivity index (χ2v) is 9.73. The van der Waals surface area contributed by atoms with Crippen LogP contribution in [0.5, 0.6) is 0 Å². The summed E-state index contributed by atoms with van der Waals surface area (Å²) >= 11 is 0. The molecule has 160 valence electrons. The van der Waals surface area contributed by atoms with Gasteiger partial charge in [-0.1, -0.05) is 26.0 Å². The van der Waals surface area contributed by atoms with E-state index in [9.17, 15) is 8.42 Å². The zero-order chi connectivity index (χ0) is 20.3. The highest BCUT2D eigenvalue weighted by Crippen LogP contribution is 2.46. The monoisotopic (exact) mass is 524 g/mol. The summed E-state index contributed by atoms with van der Waals surface area (Å²) in [7, 11) is -0.187. The number of nitrogens with one attached hydrogen (secondary N) is 2. The van der Waals surface area contributed by atoms with E-state index >= 15 is 0 Å². The molecule has 0 spiro atoms. The molecule has 1 aliphatic rings. The molecule has 9 heteroatoms. The van der Waals surface area contributed by atoms with Crippen LogP contribution < -0.4 is 10.0 Å². The average molecular weight is 524 g/mol. The molecule has 0 bridgehead atoms. The first-order valence-electron chi connectivity index (χ1n) is 9.11. The quantitative estimate of drug-likeness (QED) is 0.248. The zero-order valence-electron chi connectivity index (χ0n) is 17.6. The Morgan fingerprint density at radius 3 is 2.29 bits per heavy atom. The van der Waals surface area contributed by atoms with Gasteiger partial charge in [0.25, 0.3) is 0 Å². The molecule has 28 heavy (non-hydrogen) atoms. The van der Waals surface area contributed by atoms with Crippen molar-refractivity contribution >= 4 is 40.0 Å². The van der Waals surface area contributed by atoms with Crippen molar-refractivity contribution in [2.24, 2.45) is 10.4 Å². The van der Waals surface area contributed by atoms with Gasteiger partial charge in [0.2, 0.25) is 10.0 Å². The highest BCUT2D eigenvalue weighted by atomic mass is 127. The number of halogens is 1. The van der Waals surface area contributed by atoms with E-state index in [1.807, 2.05) is 12.1 Å². The van der Waals surface area contributed by atoms with E-state index in [0.29, 0.717) is 13.2 Å². The number of methoxy groups -OCH3 is 1. The Balaban J connectivity index is 0.00000392. The van der Waals surface area contributed by atoms with Crippen molar-refractivity contribution < 1.29 is 13.2 Å². The van der Waals surface area contributed by atoms with E-state index in [1.54, 1.807) is 19.2 Å². The maximum Gasteiger partial charge on any atom is 0.240 e. The number of likely N-dealkylation sites (tertiary alicyclic amines) is 1. The molecule has 1 aromatic carbocycles. The Labute approximate surface area is 186 Å². The number of hydrogen-bond acceptors (Lipinski definition) is 4. The molecular weight excluding hydrogens is 491 g/mol. The number of aliphatic imine (C=N–C) groups is 1. The molecule has 1 aliphatic heterocycles. The van der Waals surface area contributed by atoms with Crippen LogP contribution in [-0.4, -0.2) is 58.7 Å². The molecule has 0 aromatic heterocycles. The number of nitrogens with zero attached hydrogens (tertiary/aromatic N) is 2. The molecule has 2 rings (SSSR count). The number of rotatable bonds is 7. The van der Waals surface area contributed by atoms with Gasteiger partial charge in [0.05, 0.1) is 11.5 Å². The summed E-state index contributed by atoms with van der Waals surface area (Å²) in [6, 6.07) is 6.86. The smallest absolute Gasteiger partial charge is 0.240 e. The van der Waals surface area contributed by atoms with Crippen LogP contribution in [0, 0.1) is 5.41 Å². The van der Waals surface area contributed by atoms with Crippen LogP contribution in [0.15, 0.2) is 34.2 Å². The number of benzene rings is 1. The zero-order valence-corrected chi connectivity index (χ0v) is 20.7. The van der Waals surface area contributed by atoms with Gasteiger partial charge in [-0.25, -0.2) is 13.1 Å². The van der Waals surface area contributed by atoms with Crippen molar-refractivity contribution in [3.63, 3.8) is 0 Å². The summed E-state index contributed by atoms with van der Waals surface area (Å²) in [5, 5.41) is 3.38. The second kappa shape index (κ2) is 9.73. The van der Waals surface area contributed by atoms with Crippen molar-refractivity contribution in [1.29, 1.82) is 0 Å². The maximum atomic E-state index is 12.2. The molecule has 0 saturated carbocycles. The third-order valence-electron chi connectivity index (χ3n) is 5.63. The Morgan fingerprint density at radius 2 is 1.82 bits per heavy atom. The van der Waals surface area contributed by atoms with E-state index in [4.69, 9.17) is 4.74 Å². The SMILES string of the molecule is CN=C(NCc1ccc(S(=O)(=O)NCCOC)cc1)N1CC(C)(C)C1(C)C.I. The number of hydrogen-bond donors (Lipinski definition) is 2. The summed E-state index contributed by atoms with van der Waals surface area (Å²) in [6.07, 6.45) is 0. The first kappa shape index (κ1) is 25.1. The topological polar surface area (TPSA) is 83.0 Å². The van der Waals surface area contributed by atoms with Crippen LogP contribution in [-0.2, 0) is 21.3 Å². The Bertz CT molecular complexity index is 777. The highest BCUT2D eigenvalue weighted by molar-refractivity contribution is 14.0. The van der Waals surface area contributed by atoms with Crippen LogP contribution in [0.1, 0.15) is 33.3 Å². The average Bonchev–Trinajstić information content (AvgIpc) is 2.61. The van der Waals surface area contributed by atoms with Gasteiger partial charge in [-0.3, -0.25) is 4.99 Å². The van der Waals surface area contributed by atoms with Gasteiger partial charge >= 0.3 is 0 Å². The fourth-order valence-electron chi connectivity index (χ4n) is 3.02. The third kappa shape index (κ3) is 5.37. The van der Waals surface area contributed by atoms with Crippen LogP contribution in [0.2, 0.25) is 0 Å². The van der Waals surface area contributed by atoms with E-state index in [-0.39, 0.29) is 46.4 Å². The van der Waals surface area contributed by atoms with Crippen molar-refractivity contribution in [3.05, 3.63) is 29.8 Å². The van der Waals surface area contributed by atoms with Gasteiger partial charge in [-0.2, -0.15) is 0 Å². The molecule has 1 aromatic rings. The normalized spacial score (nSPS) is 18.2. The maximum absolute atomic E-state index is 12.2. The first-order valence-corrected chi connectivity index (χ1v) is 10.6. The lowest BCUT2D eigenvalue weighted by molar-refractivity contribution is -0.0667. The molecule has 7 nitrogen and oxygen atoms in total. The van der Waals surface area contributed by atoms with Crippen molar-refractivity contribution in [1.82, 2.24) is 14.9 Å². The largest absolute Gasteiger partial charge is 0.383 e. The minimum absolute atomic E-state index is 0. The lowest BCUT2D eigenvalue weighted by Gasteiger charge is -2.62.